The van der Waals surface area contributed by atoms with Crippen LogP contribution in [0.1, 0.15) is 52.5 Å². The van der Waals surface area contributed by atoms with Crippen molar-refractivity contribution in [3.8, 4) is 0 Å². The smallest absolute Gasteiger partial charge is 0.262 e. The molecule has 1 amide bonds. The summed E-state index contributed by atoms with van der Waals surface area (Å²) in [6.45, 7) is 6.02. The second-order valence-corrected chi connectivity index (χ2v) is 10.4. The molecule has 1 aliphatic heterocycles. The first kappa shape index (κ1) is 24.0. The SMILES string of the molecule is Cc1ccc(C)c(S(=O)(=O)Nc2ccc(C(=O)NC[C@@H](c3ccco3)N3CCCCC3)cc2)c1. The van der Waals surface area contributed by atoms with Gasteiger partial charge < -0.3 is 9.73 Å². The molecule has 0 spiro atoms. The van der Waals surface area contributed by atoms with Gasteiger partial charge in [0.15, 0.2) is 0 Å². The molecule has 0 radical (unpaired) electrons. The van der Waals surface area contributed by atoms with Gasteiger partial charge in [0.2, 0.25) is 0 Å². The molecule has 7 nitrogen and oxygen atoms in total. The third-order valence-electron chi connectivity index (χ3n) is 6.19. The zero-order valence-electron chi connectivity index (χ0n) is 19.6. The van der Waals surface area contributed by atoms with Crippen molar-refractivity contribution in [3.05, 3.63) is 83.3 Å². The second-order valence-electron chi connectivity index (χ2n) is 8.79. The number of hydrogen-bond acceptors (Lipinski definition) is 5. The highest BCUT2D eigenvalue weighted by atomic mass is 32.2. The average molecular weight is 482 g/mol. The largest absolute Gasteiger partial charge is 0.468 e. The van der Waals surface area contributed by atoms with Crippen LogP contribution in [0, 0.1) is 13.8 Å². The molecule has 8 heteroatoms. The van der Waals surface area contributed by atoms with Gasteiger partial charge in [0.1, 0.15) is 5.76 Å². The first-order valence-corrected chi connectivity index (χ1v) is 13.1. The van der Waals surface area contributed by atoms with Crippen LogP contribution in [0.2, 0.25) is 0 Å². The van der Waals surface area contributed by atoms with Crippen molar-refractivity contribution < 1.29 is 17.6 Å². The monoisotopic (exact) mass is 481 g/mol. The number of carbonyl (C=O) groups is 1. The van der Waals surface area contributed by atoms with E-state index in [0.29, 0.717) is 23.4 Å². The Morgan fingerprint density at radius 3 is 2.44 bits per heavy atom. The molecule has 2 aromatic carbocycles. The van der Waals surface area contributed by atoms with Gasteiger partial charge >= 0.3 is 0 Å². The Kier molecular flexibility index (Phi) is 7.38. The minimum atomic E-state index is -3.73. The first-order chi connectivity index (χ1) is 16.3. The summed E-state index contributed by atoms with van der Waals surface area (Å²) in [7, 11) is -3.73. The zero-order valence-corrected chi connectivity index (χ0v) is 20.4. The highest BCUT2D eigenvalue weighted by Gasteiger charge is 2.25. The van der Waals surface area contributed by atoms with E-state index in [1.807, 2.05) is 25.1 Å². The number of carbonyl (C=O) groups excluding carboxylic acids is 1. The van der Waals surface area contributed by atoms with E-state index >= 15 is 0 Å². The highest BCUT2D eigenvalue weighted by molar-refractivity contribution is 7.92. The molecule has 0 aliphatic carbocycles. The Hall–Kier alpha value is -3.10. The van der Waals surface area contributed by atoms with Gasteiger partial charge in [-0.15, -0.1) is 0 Å². The van der Waals surface area contributed by atoms with E-state index < -0.39 is 10.0 Å². The number of furan rings is 1. The number of benzene rings is 2. The fourth-order valence-corrected chi connectivity index (χ4v) is 5.70. The molecule has 1 aliphatic rings. The van der Waals surface area contributed by atoms with Gasteiger partial charge in [0.05, 0.1) is 17.2 Å². The molecule has 0 bridgehead atoms. The minimum absolute atomic E-state index is 0.0112. The molecule has 2 heterocycles. The topological polar surface area (TPSA) is 91.6 Å². The predicted octanol–water partition coefficient (Wildman–Crippen LogP) is 4.65. The number of hydrogen-bond donors (Lipinski definition) is 2. The number of sulfonamides is 1. The number of rotatable bonds is 8. The van der Waals surface area contributed by atoms with Crippen molar-refractivity contribution in [1.82, 2.24) is 10.2 Å². The maximum Gasteiger partial charge on any atom is 0.262 e. The molecule has 1 aromatic heterocycles. The van der Waals surface area contributed by atoms with Crippen LogP contribution in [0.3, 0.4) is 0 Å². The standard InChI is InChI=1S/C26H31N3O4S/c1-19-8-9-20(2)25(17-19)34(31,32)28-22-12-10-21(11-13-22)26(30)27-18-23(24-7-6-16-33-24)29-14-4-3-5-15-29/h6-13,16-17,23,28H,3-5,14-15,18H2,1-2H3,(H,27,30)/t23-/m0/s1. The molecule has 34 heavy (non-hydrogen) atoms. The third kappa shape index (κ3) is 5.69. The van der Waals surface area contributed by atoms with E-state index in [-0.39, 0.29) is 16.8 Å². The van der Waals surface area contributed by atoms with Gasteiger partial charge in [0, 0.05) is 17.8 Å². The molecule has 0 unspecified atom stereocenters. The van der Waals surface area contributed by atoms with E-state index in [2.05, 4.69) is 14.9 Å². The van der Waals surface area contributed by atoms with Crippen LogP contribution in [0.25, 0.3) is 0 Å². The maximum absolute atomic E-state index is 12.8. The van der Waals surface area contributed by atoms with E-state index in [4.69, 9.17) is 4.42 Å². The Balaban J connectivity index is 1.41. The fourth-order valence-electron chi connectivity index (χ4n) is 4.31. The van der Waals surface area contributed by atoms with Gasteiger partial charge in [-0.1, -0.05) is 18.6 Å². The Morgan fingerprint density at radius 1 is 1.03 bits per heavy atom. The molecule has 0 saturated carbocycles. The van der Waals surface area contributed by atoms with Gasteiger partial charge in [-0.25, -0.2) is 8.42 Å². The van der Waals surface area contributed by atoms with Crippen LogP contribution < -0.4 is 10.0 Å². The Morgan fingerprint density at radius 2 is 1.76 bits per heavy atom. The van der Waals surface area contributed by atoms with Crippen molar-refractivity contribution >= 4 is 21.6 Å². The van der Waals surface area contributed by atoms with Gasteiger partial charge in [-0.2, -0.15) is 0 Å². The van der Waals surface area contributed by atoms with Crippen LogP contribution in [0.5, 0.6) is 0 Å². The van der Waals surface area contributed by atoms with Crippen LogP contribution in [0.4, 0.5) is 5.69 Å². The van der Waals surface area contributed by atoms with Gasteiger partial charge in [-0.3, -0.25) is 14.4 Å². The van der Waals surface area contributed by atoms with Crippen molar-refractivity contribution in [2.24, 2.45) is 0 Å². The van der Waals surface area contributed by atoms with Crippen LogP contribution in [0.15, 0.2) is 70.2 Å². The first-order valence-electron chi connectivity index (χ1n) is 11.6. The third-order valence-corrected chi connectivity index (χ3v) is 7.71. The zero-order chi connectivity index (χ0) is 24.1. The number of amides is 1. The summed E-state index contributed by atoms with van der Waals surface area (Å²) in [6, 6.07) is 15.6. The number of anilines is 1. The fraction of sp³-hybridized carbons (Fsp3) is 0.346. The molecule has 1 atom stereocenters. The molecule has 1 fully saturated rings. The van der Waals surface area contributed by atoms with Crippen LogP contribution >= 0.6 is 0 Å². The lowest BCUT2D eigenvalue weighted by molar-refractivity contribution is 0.0914. The Labute approximate surface area is 201 Å². The number of likely N-dealkylation sites (tertiary alicyclic amines) is 1. The lowest BCUT2D eigenvalue weighted by Gasteiger charge is -2.33. The molecular weight excluding hydrogens is 450 g/mol. The lowest BCUT2D eigenvalue weighted by Crippen LogP contribution is -2.40. The summed E-state index contributed by atoms with van der Waals surface area (Å²) in [6.07, 6.45) is 5.18. The Bertz CT molecular complexity index is 1220. The summed E-state index contributed by atoms with van der Waals surface area (Å²) in [4.78, 5) is 15.4. The molecule has 3 aromatic rings. The molecule has 180 valence electrons. The normalized spacial score (nSPS) is 15.6. The highest BCUT2D eigenvalue weighted by Crippen LogP contribution is 2.25. The van der Waals surface area contributed by atoms with Crippen molar-refractivity contribution in [2.75, 3.05) is 24.4 Å². The second kappa shape index (κ2) is 10.4. The number of nitrogens with zero attached hydrogens (tertiary/aromatic N) is 1. The molecular formula is C26H31N3O4S. The average Bonchev–Trinajstić information content (AvgIpc) is 3.36. The predicted molar refractivity (Wildman–Crippen MR) is 132 cm³/mol. The maximum atomic E-state index is 12.8. The van der Waals surface area contributed by atoms with Crippen molar-refractivity contribution in [1.29, 1.82) is 0 Å². The van der Waals surface area contributed by atoms with E-state index in [0.717, 1.165) is 37.3 Å². The number of aryl methyl sites for hydroxylation is 2. The lowest BCUT2D eigenvalue weighted by atomic mass is 10.1. The van der Waals surface area contributed by atoms with Crippen molar-refractivity contribution in [3.63, 3.8) is 0 Å². The van der Waals surface area contributed by atoms with Gasteiger partial charge in [0.25, 0.3) is 15.9 Å². The summed E-state index contributed by atoms with van der Waals surface area (Å²) in [5, 5.41) is 3.01. The van der Waals surface area contributed by atoms with Gasteiger partial charge in [-0.05, 0) is 93.4 Å². The van der Waals surface area contributed by atoms with Crippen molar-refractivity contribution in [2.45, 2.75) is 44.0 Å². The summed E-state index contributed by atoms with van der Waals surface area (Å²) in [5.41, 5.74) is 2.41. The summed E-state index contributed by atoms with van der Waals surface area (Å²) < 4.78 is 33.9. The molecule has 1 saturated heterocycles. The van der Waals surface area contributed by atoms with E-state index in [9.17, 15) is 13.2 Å². The van der Waals surface area contributed by atoms with Crippen LogP contribution in [-0.2, 0) is 10.0 Å². The van der Waals surface area contributed by atoms with E-state index in [1.54, 1.807) is 49.6 Å². The summed E-state index contributed by atoms with van der Waals surface area (Å²) >= 11 is 0. The minimum Gasteiger partial charge on any atom is -0.468 e. The van der Waals surface area contributed by atoms with E-state index in [1.165, 1.54) is 6.42 Å². The number of piperidine rings is 1. The van der Waals surface area contributed by atoms with Crippen LogP contribution in [-0.4, -0.2) is 38.9 Å². The number of nitrogens with one attached hydrogen (secondary N) is 2. The quantitative estimate of drug-likeness (QED) is 0.489. The summed E-state index contributed by atoms with van der Waals surface area (Å²) in [5.74, 6) is 0.635. The molecule has 2 N–H and O–H groups in total. The molecule has 4 rings (SSSR count).